The van der Waals surface area contributed by atoms with Crippen molar-refractivity contribution < 1.29 is 0 Å². The Hall–Kier alpha value is -0.440. The summed E-state index contributed by atoms with van der Waals surface area (Å²) in [5.74, 6) is 6.17. The Morgan fingerprint density at radius 1 is 0.529 bits per heavy atom. The molecule has 0 fully saturated rings. The maximum atomic E-state index is 3.87. The lowest BCUT2D eigenvalue weighted by molar-refractivity contribution is 0.554. The van der Waals surface area contributed by atoms with Crippen molar-refractivity contribution in [1.29, 1.82) is 0 Å². The van der Waals surface area contributed by atoms with E-state index in [4.69, 9.17) is 0 Å². The van der Waals surface area contributed by atoms with Crippen LogP contribution in [0.1, 0.15) is 83.5 Å². The molecule has 0 aromatic carbocycles. The first kappa shape index (κ1) is 16.6. The summed E-state index contributed by atoms with van der Waals surface area (Å²) in [6.07, 6.45) is 16.8. The summed E-state index contributed by atoms with van der Waals surface area (Å²) < 4.78 is 0. The molecule has 0 nitrogen and oxygen atoms in total. The monoisotopic (exact) mass is 234 g/mol. The lowest BCUT2D eigenvalue weighted by Gasteiger charge is -2.01. The largest absolute Gasteiger partial charge is 0.103 e. The van der Waals surface area contributed by atoms with Gasteiger partial charge in [0.1, 0.15) is 0 Å². The molecule has 0 aromatic rings. The van der Waals surface area contributed by atoms with Gasteiger partial charge in [0.2, 0.25) is 0 Å². The van der Waals surface area contributed by atoms with Crippen molar-refractivity contribution >= 4 is 0 Å². The number of unbranched alkanes of at least 4 members (excludes halogenated alkanes) is 11. The van der Waals surface area contributed by atoms with Gasteiger partial charge in [-0.05, 0) is 13.3 Å². The molecule has 0 heterocycles. The smallest absolute Gasteiger partial charge is 0.00890 e. The van der Waals surface area contributed by atoms with E-state index in [0.29, 0.717) is 0 Å². The van der Waals surface area contributed by atoms with Crippen LogP contribution in [0.3, 0.4) is 0 Å². The Morgan fingerprint density at radius 3 is 1.47 bits per heavy atom. The van der Waals surface area contributed by atoms with E-state index in [1.54, 1.807) is 0 Å². The molecule has 0 saturated heterocycles. The zero-order chi connectivity index (χ0) is 12.6. The molecule has 0 atom stereocenters. The van der Waals surface area contributed by atoms with E-state index < -0.39 is 0 Å². The second-order valence-corrected chi connectivity index (χ2v) is 4.74. The summed E-state index contributed by atoms with van der Waals surface area (Å²) in [6, 6.07) is 0. The van der Waals surface area contributed by atoms with E-state index in [-0.39, 0.29) is 0 Å². The summed E-state index contributed by atoms with van der Waals surface area (Å²) in [4.78, 5) is 0. The average molecular weight is 234 g/mol. The zero-order valence-corrected chi connectivity index (χ0v) is 11.6. The Labute approximate surface area is 110 Å². The summed E-state index contributed by atoms with van der Waals surface area (Å²) in [5.41, 5.74) is 0. The minimum absolute atomic E-state index is 0.758. The van der Waals surface area contributed by atoms with Gasteiger partial charge < -0.3 is 0 Å². The molecule has 17 heavy (non-hydrogen) atoms. The lowest BCUT2D eigenvalue weighted by atomic mass is 10.1. The van der Waals surface area contributed by atoms with Crippen LogP contribution in [0.2, 0.25) is 0 Å². The molecule has 0 aliphatic carbocycles. The zero-order valence-electron chi connectivity index (χ0n) is 11.6. The van der Waals surface area contributed by atoms with Gasteiger partial charge in [-0.3, -0.25) is 0 Å². The van der Waals surface area contributed by atoms with Crippen molar-refractivity contribution in [2.24, 2.45) is 0 Å². The minimum atomic E-state index is 0.758. The standard InChI is InChI=1S/C17H30/c1-3-5-7-9-11-13-15-17-16-14-12-10-8-6-4-2/h1-5,7,9-17H2. The van der Waals surface area contributed by atoms with Gasteiger partial charge in [-0.2, -0.15) is 0 Å². The highest BCUT2D eigenvalue weighted by atomic mass is 14.0. The summed E-state index contributed by atoms with van der Waals surface area (Å²) in [6.45, 7) is 7.57. The maximum absolute atomic E-state index is 3.87. The van der Waals surface area contributed by atoms with E-state index in [9.17, 15) is 0 Å². The summed E-state index contributed by atoms with van der Waals surface area (Å²) in [7, 11) is 0. The Bertz CT molecular complexity index is 182. The van der Waals surface area contributed by atoms with E-state index in [1.165, 1.54) is 64.2 Å². The molecule has 0 rings (SSSR count). The molecule has 0 unspecified atom stereocenters. The van der Waals surface area contributed by atoms with E-state index >= 15 is 0 Å². The number of rotatable bonds is 11. The van der Waals surface area contributed by atoms with Gasteiger partial charge in [0, 0.05) is 12.8 Å². The van der Waals surface area contributed by atoms with Crippen molar-refractivity contribution in [3.63, 3.8) is 0 Å². The molecule has 0 amide bonds. The number of hydrogen-bond acceptors (Lipinski definition) is 0. The van der Waals surface area contributed by atoms with Gasteiger partial charge in [0.15, 0.2) is 0 Å². The first-order chi connectivity index (χ1) is 8.41. The highest BCUT2D eigenvalue weighted by Crippen LogP contribution is 2.11. The van der Waals surface area contributed by atoms with Gasteiger partial charge in [-0.1, -0.05) is 71.1 Å². The van der Waals surface area contributed by atoms with Crippen molar-refractivity contribution in [2.45, 2.75) is 83.5 Å². The lowest BCUT2D eigenvalue weighted by Crippen LogP contribution is -1.82. The number of hydrogen-bond donors (Lipinski definition) is 0. The molecule has 0 saturated carbocycles. The van der Waals surface area contributed by atoms with Crippen molar-refractivity contribution in [1.82, 2.24) is 0 Å². The third kappa shape index (κ3) is 15.6. The third-order valence-electron chi connectivity index (χ3n) is 3.05. The van der Waals surface area contributed by atoms with Gasteiger partial charge >= 0.3 is 0 Å². The van der Waals surface area contributed by atoms with Crippen molar-refractivity contribution in [3.8, 4) is 11.8 Å². The van der Waals surface area contributed by atoms with Gasteiger partial charge in [-0.15, -0.1) is 11.8 Å². The quantitative estimate of drug-likeness (QED) is 0.316. The van der Waals surface area contributed by atoms with Gasteiger partial charge in [-0.25, -0.2) is 0 Å². The van der Waals surface area contributed by atoms with Gasteiger partial charge in [0.05, 0.1) is 0 Å². The summed E-state index contributed by atoms with van der Waals surface area (Å²) in [5, 5.41) is 0. The van der Waals surface area contributed by atoms with E-state index in [0.717, 1.165) is 19.3 Å². The fourth-order valence-corrected chi connectivity index (χ4v) is 1.98. The van der Waals surface area contributed by atoms with Crippen LogP contribution in [-0.2, 0) is 0 Å². The first-order valence-corrected chi connectivity index (χ1v) is 7.46. The molecule has 0 N–H and O–H groups in total. The normalized spacial score (nSPS) is 10.0. The topological polar surface area (TPSA) is 0 Å². The van der Waals surface area contributed by atoms with Crippen LogP contribution in [0.15, 0.2) is 0 Å². The van der Waals surface area contributed by atoms with Crippen LogP contribution in [0.5, 0.6) is 0 Å². The molecule has 0 aliphatic rings. The minimum Gasteiger partial charge on any atom is -0.103 e. The fraction of sp³-hybridized carbons (Fsp3) is 0.765. The highest BCUT2D eigenvalue weighted by Gasteiger charge is 1.92. The van der Waals surface area contributed by atoms with E-state index in [2.05, 4.69) is 25.7 Å². The van der Waals surface area contributed by atoms with Crippen LogP contribution < -0.4 is 0 Å². The first-order valence-electron chi connectivity index (χ1n) is 7.46. The average Bonchev–Trinajstić information content (AvgIpc) is 2.35. The molecule has 0 aliphatic heterocycles. The third-order valence-corrected chi connectivity index (χ3v) is 3.05. The van der Waals surface area contributed by atoms with Crippen LogP contribution in [0.4, 0.5) is 0 Å². The SMILES string of the molecule is [CH2]CC#CCCCCCCCCCCCC[CH2]. The fourth-order valence-electron chi connectivity index (χ4n) is 1.98. The Kier molecular flexibility index (Phi) is 15.2. The molecule has 0 aromatic heterocycles. The molecule has 2 radical (unpaired) electrons. The van der Waals surface area contributed by atoms with Gasteiger partial charge in [0.25, 0.3) is 0 Å². The van der Waals surface area contributed by atoms with Crippen molar-refractivity contribution in [2.75, 3.05) is 0 Å². The van der Waals surface area contributed by atoms with Crippen LogP contribution in [0, 0.1) is 25.7 Å². The van der Waals surface area contributed by atoms with Crippen LogP contribution in [0.25, 0.3) is 0 Å². The predicted molar refractivity (Wildman–Crippen MR) is 78.5 cm³/mol. The summed E-state index contributed by atoms with van der Waals surface area (Å²) >= 11 is 0. The maximum Gasteiger partial charge on any atom is 0.00890 e. The Balaban J connectivity index is 2.94. The van der Waals surface area contributed by atoms with E-state index in [1.807, 2.05) is 0 Å². The molecular weight excluding hydrogens is 204 g/mol. The molecular formula is C17H30. The molecule has 0 heteroatoms. The van der Waals surface area contributed by atoms with Crippen LogP contribution >= 0.6 is 0 Å². The molecule has 98 valence electrons. The molecule has 0 bridgehead atoms. The van der Waals surface area contributed by atoms with Crippen molar-refractivity contribution in [3.05, 3.63) is 13.8 Å². The molecule has 0 spiro atoms. The highest BCUT2D eigenvalue weighted by molar-refractivity contribution is 4.98. The second kappa shape index (κ2) is 15.6. The van der Waals surface area contributed by atoms with Crippen LogP contribution in [-0.4, -0.2) is 0 Å². The predicted octanol–water partition coefficient (Wildman–Crippen LogP) is 5.73. The Morgan fingerprint density at radius 2 is 1.00 bits per heavy atom. The second-order valence-electron chi connectivity index (χ2n) is 4.74.